The van der Waals surface area contributed by atoms with Crippen molar-refractivity contribution in [1.29, 1.82) is 0 Å². The zero-order valence-corrected chi connectivity index (χ0v) is 22.0. The van der Waals surface area contributed by atoms with E-state index in [0.717, 1.165) is 12.3 Å². The summed E-state index contributed by atoms with van der Waals surface area (Å²) >= 11 is 13.1. The Bertz CT molecular complexity index is 1320. The van der Waals surface area contributed by atoms with Crippen LogP contribution in [-0.2, 0) is 12.6 Å². The predicted octanol–water partition coefficient (Wildman–Crippen LogP) is 6.49. The molecule has 3 heterocycles. The van der Waals surface area contributed by atoms with E-state index in [4.69, 9.17) is 23.2 Å². The van der Waals surface area contributed by atoms with Gasteiger partial charge in [-0.2, -0.15) is 13.2 Å². The number of fused-ring (bicyclic) bond motifs is 1. The number of aromatic nitrogens is 2. The van der Waals surface area contributed by atoms with Gasteiger partial charge in [0.05, 0.1) is 27.4 Å². The number of imidazole rings is 1. The lowest BCUT2D eigenvalue weighted by Gasteiger charge is -2.38. The number of carbonyl (C=O) groups excluding carboxylic acids is 1. The predicted molar refractivity (Wildman–Crippen MR) is 134 cm³/mol. The third kappa shape index (κ3) is 5.08. The summed E-state index contributed by atoms with van der Waals surface area (Å²) in [5, 5.41) is 10.8. The highest BCUT2D eigenvalue weighted by molar-refractivity contribution is 6.38. The van der Waals surface area contributed by atoms with Gasteiger partial charge in [-0.15, -0.1) is 0 Å². The number of hydrogen-bond donors (Lipinski definition) is 1. The molecule has 3 aromatic rings. The molecule has 0 bridgehead atoms. The highest BCUT2D eigenvalue weighted by atomic mass is 35.5. The number of rotatable bonds is 4. The first kappa shape index (κ1) is 26.8. The van der Waals surface area contributed by atoms with E-state index in [9.17, 15) is 23.1 Å². The number of amides is 1. The molecule has 5 nitrogen and oxygen atoms in total. The summed E-state index contributed by atoms with van der Waals surface area (Å²) in [5.74, 6) is -0.110. The molecule has 0 saturated carbocycles. The molecule has 0 spiro atoms. The average molecular weight is 542 g/mol. The van der Waals surface area contributed by atoms with E-state index in [1.165, 1.54) is 4.40 Å². The lowest BCUT2D eigenvalue weighted by atomic mass is 9.83. The van der Waals surface area contributed by atoms with Gasteiger partial charge in [0.15, 0.2) is 0 Å². The Morgan fingerprint density at radius 2 is 1.81 bits per heavy atom. The topological polar surface area (TPSA) is 57.8 Å². The summed E-state index contributed by atoms with van der Waals surface area (Å²) in [7, 11) is 0. The van der Waals surface area contributed by atoms with Crippen molar-refractivity contribution < 1.29 is 23.1 Å². The first-order chi connectivity index (χ1) is 16.7. The standard InChI is InChI=1S/C26H28Cl2F3N3O2/c1-14-11-17(26(29,30)31)13-34-15(2)21(32-23(14)34)12-19-20(27)6-5-18(22(19)28)24(35)33-9-7-16(8-10-33)25(3,4)36/h5-6,11,13,16,36H,7-10,12H2,1-4H3. The molecule has 36 heavy (non-hydrogen) atoms. The molecule has 1 N–H and O–H groups in total. The van der Waals surface area contributed by atoms with Crippen LogP contribution >= 0.6 is 23.2 Å². The fourth-order valence-electron chi connectivity index (χ4n) is 4.84. The number of benzene rings is 1. The van der Waals surface area contributed by atoms with Crippen LogP contribution in [0.25, 0.3) is 5.65 Å². The van der Waals surface area contributed by atoms with Crippen molar-refractivity contribution in [3.05, 3.63) is 68.1 Å². The van der Waals surface area contributed by atoms with Gasteiger partial charge in [0, 0.05) is 36.4 Å². The van der Waals surface area contributed by atoms with Crippen molar-refractivity contribution >= 4 is 34.8 Å². The van der Waals surface area contributed by atoms with Crippen molar-refractivity contribution in [1.82, 2.24) is 14.3 Å². The summed E-state index contributed by atoms with van der Waals surface area (Å²) in [5.41, 5.74) is 1.14. The number of piperidine rings is 1. The molecule has 0 radical (unpaired) electrons. The molecule has 194 valence electrons. The van der Waals surface area contributed by atoms with E-state index < -0.39 is 17.3 Å². The van der Waals surface area contributed by atoms with E-state index in [-0.39, 0.29) is 23.3 Å². The molecule has 1 fully saturated rings. The van der Waals surface area contributed by atoms with Crippen LogP contribution in [-0.4, -0.2) is 44.0 Å². The molecule has 1 saturated heterocycles. The molecule has 10 heteroatoms. The van der Waals surface area contributed by atoms with Crippen LogP contribution in [0.5, 0.6) is 0 Å². The van der Waals surface area contributed by atoms with Crippen LogP contribution in [0.15, 0.2) is 24.4 Å². The second-order valence-electron chi connectivity index (χ2n) is 10.0. The first-order valence-electron chi connectivity index (χ1n) is 11.7. The lowest BCUT2D eigenvalue weighted by Crippen LogP contribution is -2.44. The van der Waals surface area contributed by atoms with Crippen LogP contribution in [0.2, 0.25) is 10.0 Å². The van der Waals surface area contributed by atoms with E-state index in [1.807, 2.05) is 0 Å². The van der Waals surface area contributed by atoms with Gasteiger partial charge in [0.2, 0.25) is 0 Å². The number of halogens is 5. The number of carbonyl (C=O) groups is 1. The monoisotopic (exact) mass is 541 g/mol. The number of aryl methyl sites for hydroxylation is 2. The fraction of sp³-hybridized carbons (Fsp3) is 0.462. The summed E-state index contributed by atoms with van der Waals surface area (Å²) in [6.45, 7) is 7.86. The molecular formula is C26H28Cl2F3N3O2. The van der Waals surface area contributed by atoms with Gasteiger partial charge in [0.25, 0.3) is 5.91 Å². The maximum atomic E-state index is 13.3. The maximum Gasteiger partial charge on any atom is 0.417 e. The summed E-state index contributed by atoms with van der Waals surface area (Å²) in [4.78, 5) is 19.6. The zero-order chi connectivity index (χ0) is 26.6. The molecule has 0 atom stereocenters. The van der Waals surface area contributed by atoms with Gasteiger partial charge in [-0.3, -0.25) is 4.79 Å². The molecule has 1 aliphatic rings. The van der Waals surface area contributed by atoms with Gasteiger partial charge >= 0.3 is 6.18 Å². The van der Waals surface area contributed by atoms with Gasteiger partial charge < -0.3 is 14.4 Å². The lowest BCUT2D eigenvalue weighted by molar-refractivity contribution is -0.137. The molecule has 0 unspecified atom stereocenters. The first-order valence-corrected chi connectivity index (χ1v) is 12.5. The van der Waals surface area contributed by atoms with Crippen molar-refractivity contribution in [3.63, 3.8) is 0 Å². The van der Waals surface area contributed by atoms with Gasteiger partial charge in [-0.05, 0) is 75.8 Å². The average Bonchev–Trinajstić information content (AvgIpc) is 3.11. The van der Waals surface area contributed by atoms with E-state index >= 15 is 0 Å². The minimum atomic E-state index is -4.47. The zero-order valence-electron chi connectivity index (χ0n) is 20.5. The normalized spacial score (nSPS) is 15.7. The van der Waals surface area contributed by atoms with Crippen molar-refractivity contribution in [2.75, 3.05) is 13.1 Å². The summed E-state index contributed by atoms with van der Waals surface area (Å²) < 4.78 is 41.4. The molecule has 2 aromatic heterocycles. The second kappa shape index (κ2) is 9.54. The molecule has 1 aliphatic heterocycles. The van der Waals surface area contributed by atoms with E-state index in [0.29, 0.717) is 64.7 Å². The smallest absolute Gasteiger partial charge is 0.390 e. The van der Waals surface area contributed by atoms with Crippen LogP contribution < -0.4 is 0 Å². The SMILES string of the molecule is Cc1cc(C(F)(F)F)cn2c(C)c(Cc3c(Cl)ccc(C(=O)N4CCC(C(C)(C)O)CC4)c3Cl)nc12. The van der Waals surface area contributed by atoms with Crippen molar-refractivity contribution in [3.8, 4) is 0 Å². The number of hydrogen-bond acceptors (Lipinski definition) is 3. The Kier molecular flexibility index (Phi) is 7.09. The Balaban J connectivity index is 1.64. The van der Waals surface area contributed by atoms with Crippen LogP contribution in [0.4, 0.5) is 13.2 Å². The number of alkyl halides is 3. The van der Waals surface area contributed by atoms with E-state index in [2.05, 4.69) is 4.98 Å². The van der Waals surface area contributed by atoms with Crippen LogP contribution in [0.3, 0.4) is 0 Å². The summed E-state index contributed by atoms with van der Waals surface area (Å²) in [6.07, 6.45) is -1.90. The van der Waals surface area contributed by atoms with Crippen LogP contribution in [0.1, 0.15) is 65.1 Å². The Morgan fingerprint density at radius 3 is 2.39 bits per heavy atom. The second-order valence-corrected chi connectivity index (χ2v) is 10.8. The van der Waals surface area contributed by atoms with Gasteiger partial charge in [-0.1, -0.05) is 23.2 Å². The number of pyridine rings is 1. The van der Waals surface area contributed by atoms with Crippen molar-refractivity contribution in [2.45, 2.75) is 58.7 Å². The van der Waals surface area contributed by atoms with Crippen molar-refractivity contribution in [2.24, 2.45) is 5.92 Å². The molecule has 1 aromatic carbocycles. The van der Waals surface area contributed by atoms with Crippen LogP contribution in [0, 0.1) is 19.8 Å². The fourth-order valence-corrected chi connectivity index (χ4v) is 5.43. The summed E-state index contributed by atoms with van der Waals surface area (Å²) in [6, 6.07) is 4.28. The quantitative estimate of drug-likeness (QED) is 0.410. The number of nitrogens with zero attached hydrogens (tertiary/aromatic N) is 3. The molecule has 4 rings (SSSR count). The number of likely N-dealkylation sites (tertiary alicyclic amines) is 1. The maximum absolute atomic E-state index is 13.3. The Morgan fingerprint density at radius 1 is 1.17 bits per heavy atom. The minimum absolute atomic E-state index is 0.108. The molecular weight excluding hydrogens is 514 g/mol. The highest BCUT2D eigenvalue weighted by Gasteiger charge is 2.34. The van der Waals surface area contributed by atoms with E-state index in [1.54, 1.807) is 44.7 Å². The Labute approximate surface area is 217 Å². The third-order valence-corrected chi connectivity index (χ3v) is 7.90. The number of aliphatic hydroxyl groups is 1. The largest absolute Gasteiger partial charge is 0.417 e. The van der Waals surface area contributed by atoms with Gasteiger partial charge in [0.1, 0.15) is 5.65 Å². The molecule has 0 aliphatic carbocycles. The molecule has 1 amide bonds. The third-order valence-electron chi connectivity index (χ3n) is 7.11. The van der Waals surface area contributed by atoms with Gasteiger partial charge in [-0.25, -0.2) is 4.98 Å². The minimum Gasteiger partial charge on any atom is -0.390 e. The Hall–Kier alpha value is -2.29. The highest BCUT2D eigenvalue weighted by Crippen LogP contribution is 2.35.